The fourth-order valence-electron chi connectivity index (χ4n) is 3.24. The molecule has 1 aromatic carbocycles. The number of benzene rings is 1. The maximum absolute atomic E-state index is 10.9. The Kier molecular flexibility index (Phi) is 4.90. The van der Waals surface area contributed by atoms with Crippen molar-refractivity contribution < 1.29 is 20.1 Å². The van der Waals surface area contributed by atoms with Crippen LogP contribution in [0, 0.1) is 12.3 Å². The summed E-state index contributed by atoms with van der Waals surface area (Å²) in [5, 5.41) is 31.4. The van der Waals surface area contributed by atoms with Crippen LogP contribution in [0.5, 0.6) is 5.75 Å². The van der Waals surface area contributed by atoms with Gasteiger partial charge in [-0.1, -0.05) is 43.7 Å². The number of ether oxygens (including phenoxy) is 1. The van der Waals surface area contributed by atoms with Crippen molar-refractivity contribution in [3.63, 3.8) is 0 Å². The number of rotatable bonds is 5. The van der Waals surface area contributed by atoms with Gasteiger partial charge in [-0.05, 0) is 32.4 Å². The van der Waals surface area contributed by atoms with Gasteiger partial charge in [0.2, 0.25) is 0 Å². The number of aliphatic hydroxyl groups excluding tert-OH is 1. The molecule has 0 heterocycles. The molecule has 0 aliphatic heterocycles. The first-order valence-corrected chi connectivity index (χ1v) is 8.06. The Morgan fingerprint density at radius 2 is 1.70 bits per heavy atom. The van der Waals surface area contributed by atoms with E-state index in [9.17, 15) is 15.3 Å². The Labute approximate surface area is 138 Å². The maximum Gasteiger partial charge on any atom is 0.119 e. The van der Waals surface area contributed by atoms with Gasteiger partial charge in [0.15, 0.2) is 0 Å². The smallest absolute Gasteiger partial charge is 0.119 e. The highest BCUT2D eigenvalue weighted by atomic mass is 16.5. The van der Waals surface area contributed by atoms with Crippen molar-refractivity contribution in [3.8, 4) is 5.75 Å². The highest BCUT2D eigenvalue weighted by Gasteiger charge is 2.48. The summed E-state index contributed by atoms with van der Waals surface area (Å²) in [6.45, 7) is 7.64. The van der Waals surface area contributed by atoms with Crippen LogP contribution in [0.4, 0.5) is 0 Å². The normalized spacial score (nSPS) is 30.9. The van der Waals surface area contributed by atoms with Crippen molar-refractivity contribution >= 4 is 0 Å². The molecule has 1 aliphatic rings. The van der Waals surface area contributed by atoms with Gasteiger partial charge in [-0.15, -0.1) is 0 Å². The first-order valence-electron chi connectivity index (χ1n) is 8.06. The molecule has 128 valence electrons. The van der Waals surface area contributed by atoms with E-state index >= 15 is 0 Å². The predicted octanol–water partition coefficient (Wildman–Crippen LogP) is 2.59. The molecule has 1 aromatic rings. The molecule has 4 nitrogen and oxygen atoms in total. The molecular formula is C19H28O4. The molecule has 0 radical (unpaired) electrons. The standard InChI is InChI=1S/C19H28O4/c1-14-5-7-16(8-6-14)23-12-15(20)11-19(22)10-9-18(4,21)13-17(19,2)3/h5-10,15,20-22H,11-13H2,1-4H3. The highest BCUT2D eigenvalue weighted by Crippen LogP contribution is 2.46. The summed E-state index contributed by atoms with van der Waals surface area (Å²) in [6, 6.07) is 7.62. The minimum atomic E-state index is -1.18. The molecule has 0 fully saturated rings. The molecule has 0 amide bonds. The van der Waals surface area contributed by atoms with Crippen molar-refractivity contribution in [1.82, 2.24) is 0 Å². The van der Waals surface area contributed by atoms with Gasteiger partial charge >= 0.3 is 0 Å². The summed E-state index contributed by atoms with van der Waals surface area (Å²) in [4.78, 5) is 0. The highest BCUT2D eigenvalue weighted by molar-refractivity contribution is 5.26. The average Bonchev–Trinajstić information content (AvgIpc) is 2.42. The molecule has 0 saturated carbocycles. The zero-order chi connectivity index (χ0) is 17.3. The van der Waals surface area contributed by atoms with E-state index in [1.807, 2.05) is 45.0 Å². The fourth-order valence-corrected chi connectivity index (χ4v) is 3.24. The second kappa shape index (κ2) is 6.27. The molecule has 3 atom stereocenters. The van der Waals surface area contributed by atoms with Gasteiger partial charge in [-0.3, -0.25) is 0 Å². The van der Waals surface area contributed by atoms with Crippen molar-refractivity contribution in [2.45, 2.75) is 57.8 Å². The SMILES string of the molecule is Cc1ccc(OCC(O)CC2(O)C=CC(C)(O)CC2(C)C)cc1. The van der Waals surface area contributed by atoms with Crippen LogP contribution in [-0.2, 0) is 0 Å². The molecule has 23 heavy (non-hydrogen) atoms. The number of hydrogen-bond donors (Lipinski definition) is 3. The number of hydrogen-bond acceptors (Lipinski definition) is 4. The summed E-state index contributed by atoms with van der Waals surface area (Å²) in [6.07, 6.45) is 3.03. The molecule has 4 heteroatoms. The first-order chi connectivity index (χ1) is 10.5. The van der Waals surface area contributed by atoms with E-state index in [1.54, 1.807) is 19.1 Å². The molecule has 0 aromatic heterocycles. The summed E-state index contributed by atoms with van der Waals surface area (Å²) in [5.41, 5.74) is -1.51. The topological polar surface area (TPSA) is 69.9 Å². The first kappa shape index (κ1) is 18.0. The Morgan fingerprint density at radius 1 is 1.09 bits per heavy atom. The van der Waals surface area contributed by atoms with Crippen molar-refractivity contribution in [2.24, 2.45) is 5.41 Å². The zero-order valence-electron chi connectivity index (χ0n) is 14.4. The Morgan fingerprint density at radius 3 is 2.26 bits per heavy atom. The van der Waals surface area contributed by atoms with Gasteiger partial charge in [0, 0.05) is 11.8 Å². The van der Waals surface area contributed by atoms with E-state index in [0.717, 1.165) is 5.56 Å². The van der Waals surface area contributed by atoms with Crippen LogP contribution in [-0.4, -0.2) is 39.2 Å². The van der Waals surface area contributed by atoms with Gasteiger partial charge in [-0.2, -0.15) is 0 Å². The molecule has 0 spiro atoms. The van der Waals surface area contributed by atoms with E-state index in [2.05, 4.69) is 0 Å². The van der Waals surface area contributed by atoms with Crippen molar-refractivity contribution in [3.05, 3.63) is 42.0 Å². The molecule has 3 N–H and O–H groups in total. The predicted molar refractivity (Wildman–Crippen MR) is 90.4 cm³/mol. The Hall–Kier alpha value is -1.36. The molecule has 1 aliphatic carbocycles. The minimum Gasteiger partial charge on any atom is -0.491 e. The van der Waals surface area contributed by atoms with E-state index < -0.39 is 22.7 Å². The quantitative estimate of drug-likeness (QED) is 0.729. The van der Waals surface area contributed by atoms with Gasteiger partial charge < -0.3 is 20.1 Å². The van der Waals surface area contributed by atoms with Crippen molar-refractivity contribution in [1.29, 1.82) is 0 Å². The van der Waals surface area contributed by atoms with Crippen LogP contribution in [0.3, 0.4) is 0 Å². The zero-order valence-corrected chi connectivity index (χ0v) is 14.4. The minimum absolute atomic E-state index is 0.117. The van der Waals surface area contributed by atoms with Gasteiger partial charge in [0.1, 0.15) is 12.4 Å². The van der Waals surface area contributed by atoms with E-state index in [0.29, 0.717) is 12.2 Å². The summed E-state index contributed by atoms with van der Waals surface area (Å²) in [5.74, 6) is 0.697. The Balaban J connectivity index is 1.98. The lowest BCUT2D eigenvalue weighted by molar-refractivity contribution is -0.102. The van der Waals surface area contributed by atoms with Crippen LogP contribution in [0.25, 0.3) is 0 Å². The van der Waals surface area contributed by atoms with Crippen LogP contribution in [0.15, 0.2) is 36.4 Å². The second-order valence-corrected chi connectivity index (χ2v) is 7.66. The molecule has 0 saturated heterocycles. The van der Waals surface area contributed by atoms with Gasteiger partial charge in [-0.25, -0.2) is 0 Å². The Bertz CT molecular complexity index is 559. The molecular weight excluding hydrogens is 292 g/mol. The van der Waals surface area contributed by atoms with Crippen LogP contribution in [0.1, 0.15) is 39.2 Å². The summed E-state index contributed by atoms with van der Waals surface area (Å²) in [7, 11) is 0. The number of aliphatic hydroxyl groups is 3. The van der Waals surface area contributed by atoms with E-state index in [1.165, 1.54) is 0 Å². The third-order valence-corrected chi connectivity index (χ3v) is 4.70. The van der Waals surface area contributed by atoms with Gasteiger partial charge in [0.05, 0.1) is 17.3 Å². The third-order valence-electron chi connectivity index (χ3n) is 4.70. The maximum atomic E-state index is 10.9. The lowest BCUT2D eigenvalue weighted by Gasteiger charge is -2.48. The largest absolute Gasteiger partial charge is 0.491 e. The van der Waals surface area contributed by atoms with E-state index in [-0.39, 0.29) is 13.0 Å². The lowest BCUT2D eigenvalue weighted by atomic mass is 9.63. The molecule has 2 rings (SSSR count). The summed E-state index contributed by atoms with van der Waals surface area (Å²) >= 11 is 0. The summed E-state index contributed by atoms with van der Waals surface area (Å²) < 4.78 is 5.58. The van der Waals surface area contributed by atoms with Crippen LogP contribution in [0.2, 0.25) is 0 Å². The lowest BCUT2D eigenvalue weighted by Crippen LogP contribution is -2.52. The monoisotopic (exact) mass is 320 g/mol. The third kappa shape index (κ3) is 4.34. The second-order valence-electron chi connectivity index (χ2n) is 7.66. The van der Waals surface area contributed by atoms with Gasteiger partial charge in [0.25, 0.3) is 0 Å². The molecule has 3 unspecified atom stereocenters. The van der Waals surface area contributed by atoms with Crippen LogP contribution >= 0.6 is 0 Å². The number of aryl methyl sites for hydroxylation is 1. The fraction of sp³-hybridized carbons (Fsp3) is 0.579. The van der Waals surface area contributed by atoms with Crippen LogP contribution < -0.4 is 4.74 Å². The average molecular weight is 320 g/mol. The van der Waals surface area contributed by atoms with E-state index in [4.69, 9.17) is 4.74 Å². The molecule has 0 bridgehead atoms. The van der Waals surface area contributed by atoms with Crippen molar-refractivity contribution in [2.75, 3.05) is 6.61 Å².